The number of nitrogens with zero attached hydrogens (tertiary/aromatic N) is 2. The number of carbonyl (C=O) groups is 2. The first-order chi connectivity index (χ1) is 14.0. The third kappa shape index (κ3) is 7.19. The molecule has 9 heteroatoms. The summed E-state index contributed by atoms with van der Waals surface area (Å²) in [5.74, 6) is 0.269. The maximum absolute atomic E-state index is 12.1. The van der Waals surface area contributed by atoms with Crippen LogP contribution in [0.5, 0.6) is 0 Å². The first-order valence-corrected chi connectivity index (χ1v) is 11.5. The maximum atomic E-state index is 12.1. The highest BCUT2D eigenvalue weighted by Crippen LogP contribution is 2.25. The summed E-state index contributed by atoms with van der Waals surface area (Å²) in [7, 11) is 0. The van der Waals surface area contributed by atoms with Gasteiger partial charge >= 0.3 is 0 Å². The van der Waals surface area contributed by atoms with Gasteiger partial charge in [-0.25, -0.2) is 4.98 Å². The Morgan fingerprint density at radius 3 is 1.83 bits per heavy atom. The number of nitrogens with one attached hydrogen (secondary N) is 2. The second kappa shape index (κ2) is 10.4. The second-order valence-corrected chi connectivity index (χ2v) is 9.17. The van der Waals surface area contributed by atoms with Crippen LogP contribution in [0.1, 0.15) is 11.1 Å². The molecule has 0 atom stereocenters. The summed E-state index contributed by atoms with van der Waals surface area (Å²) in [6, 6.07) is 15.3. The van der Waals surface area contributed by atoms with Gasteiger partial charge in [0.05, 0.1) is 11.5 Å². The fourth-order valence-corrected chi connectivity index (χ4v) is 4.47. The number of carbonyl (C=O) groups excluding carboxylic acids is 2. The van der Waals surface area contributed by atoms with Crippen molar-refractivity contribution in [1.29, 1.82) is 0 Å². The smallest absolute Gasteiger partial charge is 0.234 e. The van der Waals surface area contributed by atoms with Crippen molar-refractivity contribution in [1.82, 2.24) is 9.36 Å². The van der Waals surface area contributed by atoms with Crippen LogP contribution in [0.2, 0.25) is 0 Å². The Balaban J connectivity index is 1.40. The second-order valence-electron chi connectivity index (χ2n) is 6.25. The van der Waals surface area contributed by atoms with Crippen LogP contribution < -0.4 is 10.6 Å². The van der Waals surface area contributed by atoms with Crippen molar-refractivity contribution in [3.63, 3.8) is 0 Å². The zero-order valence-corrected chi connectivity index (χ0v) is 18.4. The summed E-state index contributed by atoms with van der Waals surface area (Å²) < 4.78 is 4.94. The van der Waals surface area contributed by atoms with Gasteiger partial charge in [-0.3, -0.25) is 9.59 Å². The molecule has 1 heterocycles. The van der Waals surface area contributed by atoms with Crippen LogP contribution in [0.25, 0.3) is 0 Å². The number of rotatable bonds is 8. The number of anilines is 2. The van der Waals surface area contributed by atoms with Crippen LogP contribution in [0, 0.1) is 13.8 Å². The highest BCUT2D eigenvalue weighted by Gasteiger charge is 2.11. The number of hydrogen-bond acceptors (Lipinski definition) is 7. The number of benzene rings is 2. The number of amides is 2. The molecule has 0 aliphatic rings. The predicted octanol–water partition coefficient (Wildman–Crippen LogP) is 4.62. The average molecular weight is 445 g/mol. The molecular weight excluding hydrogens is 424 g/mol. The quantitative estimate of drug-likeness (QED) is 0.494. The highest BCUT2D eigenvalue weighted by molar-refractivity contribution is 8.02. The van der Waals surface area contributed by atoms with E-state index in [0.29, 0.717) is 9.50 Å². The van der Waals surface area contributed by atoms with Crippen molar-refractivity contribution in [2.24, 2.45) is 0 Å². The topological polar surface area (TPSA) is 84.0 Å². The van der Waals surface area contributed by atoms with Gasteiger partial charge in [0, 0.05) is 11.4 Å². The van der Waals surface area contributed by atoms with Gasteiger partial charge in [-0.1, -0.05) is 58.9 Å². The van der Waals surface area contributed by atoms with Gasteiger partial charge in [-0.05, 0) is 49.6 Å². The molecule has 1 aromatic heterocycles. The minimum Gasteiger partial charge on any atom is -0.325 e. The zero-order valence-electron chi connectivity index (χ0n) is 16.0. The van der Waals surface area contributed by atoms with Crippen molar-refractivity contribution in [2.45, 2.75) is 23.3 Å². The molecule has 0 bridgehead atoms. The lowest BCUT2D eigenvalue weighted by atomic mass is 10.2. The van der Waals surface area contributed by atoms with Gasteiger partial charge in [0.25, 0.3) is 0 Å². The molecule has 0 fully saturated rings. The molecule has 6 nitrogen and oxygen atoms in total. The van der Waals surface area contributed by atoms with Gasteiger partial charge < -0.3 is 10.6 Å². The predicted molar refractivity (Wildman–Crippen MR) is 121 cm³/mol. The summed E-state index contributed by atoms with van der Waals surface area (Å²) in [6.07, 6.45) is 0. The first kappa shape index (κ1) is 21.4. The number of aryl methyl sites for hydroxylation is 2. The summed E-state index contributed by atoms with van der Waals surface area (Å²) in [5, 5.41) is 6.23. The van der Waals surface area contributed by atoms with Gasteiger partial charge in [-0.2, -0.15) is 4.37 Å². The van der Waals surface area contributed by atoms with Gasteiger partial charge in [0.1, 0.15) is 0 Å². The zero-order chi connectivity index (χ0) is 20.6. The molecule has 2 aromatic carbocycles. The van der Waals surface area contributed by atoms with Crippen molar-refractivity contribution in [3.05, 3.63) is 59.7 Å². The molecule has 150 valence electrons. The lowest BCUT2D eigenvalue weighted by Crippen LogP contribution is -2.14. The summed E-state index contributed by atoms with van der Waals surface area (Å²) >= 11 is 3.83. The van der Waals surface area contributed by atoms with E-state index >= 15 is 0 Å². The first-order valence-electron chi connectivity index (χ1n) is 8.80. The van der Waals surface area contributed by atoms with Crippen molar-refractivity contribution >= 4 is 58.2 Å². The van der Waals surface area contributed by atoms with E-state index in [-0.39, 0.29) is 23.3 Å². The van der Waals surface area contributed by atoms with E-state index in [1.165, 1.54) is 35.1 Å². The van der Waals surface area contributed by atoms with Crippen molar-refractivity contribution < 1.29 is 9.59 Å². The third-order valence-electron chi connectivity index (χ3n) is 3.72. The minimum atomic E-state index is -0.111. The Kier molecular flexibility index (Phi) is 7.68. The van der Waals surface area contributed by atoms with E-state index in [4.69, 9.17) is 0 Å². The molecular formula is C20H20N4O2S3. The monoisotopic (exact) mass is 444 g/mol. The molecule has 0 unspecified atom stereocenters. The van der Waals surface area contributed by atoms with Crippen LogP contribution >= 0.6 is 35.1 Å². The van der Waals surface area contributed by atoms with Gasteiger partial charge in [-0.15, -0.1) is 0 Å². The Morgan fingerprint density at radius 1 is 0.828 bits per heavy atom. The highest BCUT2D eigenvalue weighted by atomic mass is 32.2. The van der Waals surface area contributed by atoms with Crippen molar-refractivity contribution in [2.75, 3.05) is 22.1 Å². The molecule has 3 aromatic rings. The van der Waals surface area contributed by atoms with E-state index in [0.717, 1.165) is 22.5 Å². The third-order valence-corrected chi connectivity index (χ3v) is 6.51. The van der Waals surface area contributed by atoms with E-state index < -0.39 is 0 Å². The van der Waals surface area contributed by atoms with Gasteiger partial charge in [0.15, 0.2) is 4.34 Å². The molecule has 3 rings (SSSR count). The Labute approximate surface area is 182 Å². The minimum absolute atomic E-state index is 0.0965. The molecule has 0 spiro atoms. The largest absolute Gasteiger partial charge is 0.325 e. The summed E-state index contributed by atoms with van der Waals surface area (Å²) in [5.41, 5.74) is 3.82. The van der Waals surface area contributed by atoms with E-state index in [2.05, 4.69) is 20.0 Å². The molecule has 0 radical (unpaired) electrons. The average Bonchev–Trinajstić information content (AvgIpc) is 3.16. The molecule has 2 amide bonds. The Bertz CT molecular complexity index is 894. The lowest BCUT2D eigenvalue weighted by molar-refractivity contribution is -0.114. The van der Waals surface area contributed by atoms with Crippen LogP contribution in [0.4, 0.5) is 11.4 Å². The van der Waals surface area contributed by atoms with Crippen LogP contribution in [0.15, 0.2) is 58.0 Å². The molecule has 0 aliphatic heterocycles. The number of thioether (sulfide) groups is 2. The molecule has 0 saturated carbocycles. The molecule has 2 N–H and O–H groups in total. The Hall–Kier alpha value is -2.36. The fourth-order valence-electron chi connectivity index (χ4n) is 2.24. The standard InChI is InChI=1S/C20H20N4O2S3/c1-13-3-7-15(8-4-13)21-17(25)11-27-19-23-20(29-24-19)28-12-18(26)22-16-9-5-14(2)6-10-16/h3-10H,11-12H2,1-2H3,(H,21,25)(H,22,26). The lowest BCUT2D eigenvalue weighted by Gasteiger charge is -2.04. The van der Waals surface area contributed by atoms with Gasteiger partial charge in [0.2, 0.25) is 17.0 Å². The Morgan fingerprint density at radius 2 is 1.31 bits per heavy atom. The van der Waals surface area contributed by atoms with E-state index in [9.17, 15) is 9.59 Å². The van der Waals surface area contributed by atoms with Crippen LogP contribution in [-0.4, -0.2) is 32.7 Å². The molecule has 29 heavy (non-hydrogen) atoms. The van der Waals surface area contributed by atoms with Crippen molar-refractivity contribution in [3.8, 4) is 0 Å². The van der Waals surface area contributed by atoms with Crippen LogP contribution in [-0.2, 0) is 9.59 Å². The van der Waals surface area contributed by atoms with E-state index in [1.807, 2.05) is 62.4 Å². The number of aromatic nitrogens is 2. The maximum Gasteiger partial charge on any atom is 0.234 e. The summed E-state index contributed by atoms with van der Waals surface area (Å²) in [6.45, 7) is 4.00. The van der Waals surface area contributed by atoms with Crippen LogP contribution in [0.3, 0.4) is 0 Å². The number of hydrogen-bond donors (Lipinski definition) is 2. The summed E-state index contributed by atoms with van der Waals surface area (Å²) in [4.78, 5) is 28.5. The molecule has 0 saturated heterocycles. The molecule has 0 aliphatic carbocycles. The fraction of sp³-hybridized carbons (Fsp3) is 0.200. The normalized spacial score (nSPS) is 10.6. The van der Waals surface area contributed by atoms with E-state index in [1.54, 1.807) is 0 Å². The SMILES string of the molecule is Cc1ccc(NC(=O)CSc2nsc(SCC(=O)Nc3ccc(C)cc3)n2)cc1.